The molecule has 0 radical (unpaired) electrons. The van der Waals surface area contributed by atoms with Gasteiger partial charge in [0.15, 0.2) is 11.6 Å². The van der Waals surface area contributed by atoms with Gasteiger partial charge in [-0.25, -0.2) is 9.37 Å². The number of halogens is 1. The number of imidazole rings is 1. The van der Waals surface area contributed by atoms with Crippen LogP contribution in [0.3, 0.4) is 0 Å². The van der Waals surface area contributed by atoms with Crippen molar-refractivity contribution in [2.45, 2.75) is 20.3 Å². The Bertz CT molecular complexity index is 1190. The van der Waals surface area contributed by atoms with E-state index in [1.54, 1.807) is 48.9 Å². The minimum atomic E-state index is -0.521. The lowest BCUT2D eigenvalue weighted by molar-refractivity contribution is -0.141. The number of thiazole rings is 1. The zero-order chi connectivity index (χ0) is 20.5. The first kappa shape index (κ1) is 19.1. The van der Waals surface area contributed by atoms with E-state index in [9.17, 15) is 14.0 Å². The van der Waals surface area contributed by atoms with Crippen molar-refractivity contribution in [3.63, 3.8) is 0 Å². The quantitative estimate of drug-likeness (QED) is 0.356. The molecule has 0 atom stereocenters. The Kier molecular flexibility index (Phi) is 5.02. The molecule has 1 aromatic carbocycles. The molecule has 0 amide bonds. The lowest BCUT2D eigenvalue weighted by Gasteiger charge is -2.10. The van der Waals surface area contributed by atoms with E-state index in [2.05, 4.69) is 4.98 Å². The minimum absolute atomic E-state index is 0.00404. The number of esters is 1. The number of ether oxygens (including phenoxy) is 1. The van der Waals surface area contributed by atoms with Crippen molar-refractivity contribution in [1.29, 1.82) is 0 Å². The minimum Gasteiger partial charge on any atom is -0.457 e. The molecule has 0 bridgehead atoms. The van der Waals surface area contributed by atoms with Crippen LogP contribution in [0.4, 0.5) is 4.39 Å². The van der Waals surface area contributed by atoms with E-state index in [0.29, 0.717) is 22.6 Å². The van der Waals surface area contributed by atoms with Gasteiger partial charge in [0.2, 0.25) is 5.78 Å². The molecule has 148 valence electrons. The molecule has 0 spiro atoms. The number of rotatable bonds is 6. The molecule has 0 saturated heterocycles. The summed E-state index contributed by atoms with van der Waals surface area (Å²) in [7, 11) is 0. The van der Waals surface area contributed by atoms with Crippen LogP contribution < -0.4 is 0 Å². The van der Waals surface area contributed by atoms with Gasteiger partial charge >= 0.3 is 5.97 Å². The van der Waals surface area contributed by atoms with E-state index < -0.39 is 5.97 Å². The number of carbonyl (C=O) groups is 2. The summed E-state index contributed by atoms with van der Waals surface area (Å²) in [5.41, 5.74) is 2.69. The van der Waals surface area contributed by atoms with E-state index in [1.807, 2.05) is 16.0 Å². The summed E-state index contributed by atoms with van der Waals surface area (Å²) in [5, 5.41) is 1.90. The van der Waals surface area contributed by atoms with Crippen LogP contribution in [0.2, 0.25) is 0 Å². The number of aryl methyl sites for hydroxylation is 1. The first-order valence-corrected chi connectivity index (χ1v) is 9.85. The van der Waals surface area contributed by atoms with Gasteiger partial charge in [0.1, 0.15) is 5.82 Å². The maximum atomic E-state index is 14.2. The van der Waals surface area contributed by atoms with E-state index in [0.717, 1.165) is 10.7 Å². The number of Topliss-reactive ketones (excluding diaryl/α,β-unsaturated/α-hetero) is 1. The summed E-state index contributed by atoms with van der Waals surface area (Å²) in [6, 6.07) is 8.06. The van der Waals surface area contributed by atoms with E-state index in [1.165, 1.54) is 17.4 Å². The van der Waals surface area contributed by atoms with Crippen molar-refractivity contribution >= 4 is 28.1 Å². The fourth-order valence-electron chi connectivity index (χ4n) is 3.33. The van der Waals surface area contributed by atoms with Crippen LogP contribution in [0, 0.1) is 19.7 Å². The van der Waals surface area contributed by atoms with Gasteiger partial charge in [-0.05, 0) is 32.0 Å². The van der Waals surface area contributed by atoms with Crippen LogP contribution in [0.1, 0.15) is 27.4 Å². The van der Waals surface area contributed by atoms with Crippen LogP contribution >= 0.6 is 11.3 Å². The number of ketones is 1. The standard InChI is InChI=1S/C21H18FN3O3S/c1-13-9-16(14(2)25(13)18-6-4-3-5-17(18)22)19(26)12-28-20(27)10-15-11-24-7-8-29-21(24)23-15/h3-9,11H,10,12H2,1-2H3. The van der Waals surface area contributed by atoms with Gasteiger partial charge in [-0.3, -0.25) is 14.0 Å². The van der Waals surface area contributed by atoms with Gasteiger partial charge in [0, 0.05) is 34.7 Å². The Morgan fingerprint density at radius 3 is 2.79 bits per heavy atom. The molecule has 0 aliphatic rings. The van der Waals surface area contributed by atoms with Gasteiger partial charge in [-0.15, -0.1) is 11.3 Å². The molecule has 3 heterocycles. The van der Waals surface area contributed by atoms with Gasteiger partial charge in [0.05, 0.1) is 17.8 Å². The Hall–Kier alpha value is -3.26. The topological polar surface area (TPSA) is 65.6 Å². The van der Waals surface area contributed by atoms with Crippen molar-refractivity contribution < 1.29 is 18.7 Å². The number of para-hydroxylation sites is 1. The number of fused-ring (bicyclic) bond motifs is 1. The second kappa shape index (κ2) is 7.63. The Morgan fingerprint density at radius 1 is 1.24 bits per heavy atom. The highest BCUT2D eigenvalue weighted by molar-refractivity contribution is 7.15. The predicted molar refractivity (Wildman–Crippen MR) is 107 cm³/mol. The van der Waals surface area contributed by atoms with Crippen molar-refractivity contribution in [2.75, 3.05) is 6.61 Å². The molecule has 6 nitrogen and oxygen atoms in total. The molecular weight excluding hydrogens is 393 g/mol. The molecule has 0 fully saturated rings. The summed E-state index contributed by atoms with van der Waals surface area (Å²) in [5.74, 6) is -1.23. The number of hydrogen-bond donors (Lipinski definition) is 0. The molecule has 29 heavy (non-hydrogen) atoms. The molecule has 0 saturated carbocycles. The van der Waals surface area contributed by atoms with Crippen LogP contribution in [-0.2, 0) is 16.0 Å². The first-order valence-electron chi connectivity index (χ1n) is 8.98. The third-order valence-corrected chi connectivity index (χ3v) is 5.43. The molecule has 0 unspecified atom stereocenters. The zero-order valence-corrected chi connectivity index (χ0v) is 16.7. The van der Waals surface area contributed by atoms with Gasteiger partial charge in [-0.1, -0.05) is 12.1 Å². The first-order chi connectivity index (χ1) is 13.9. The average Bonchev–Trinajstić information content (AvgIpc) is 3.34. The van der Waals surface area contributed by atoms with Crippen LogP contribution in [-0.4, -0.2) is 32.3 Å². The van der Waals surface area contributed by atoms with E-state index in [4.69, 9.17) is 4.74 Å². The van der Waals surface area contributed by atoms with Crippen molar-refractivity contribution in [1.82, 2.24) is 14.0 Å². The number of carbonyl (C=O) groups excluding carboxylic acids is 2. The highest BCUT2D eigenvalue weighted by Crippen LogP contribution is 2.23. The maximum absolute atomic E-state index is 14.2. The third kappa shape index (κ3) is 3.71. The van der Waals surface area contributed by atoms with Crippen molar-refractivity contribution in [3.8, 4) is 5.69 Å². The smallest absolute Gasteiger partial charge is 0.312 e. The molecule has 0 N–H and O–H groups in total. The highest BCUT2D eigenvalue weighted by atomic mass is 32.1. The molecule has 0 aliphatic carbocycles. The van der Waals surface area contributed by atoms with Crippen molar-refractivity contribution in [2.24, 2.45) is 0 Å². The van der Waals surface area contributed by atoms with Crippen LogP contribution in [0.5, 0.6) is 0 Å². The van der Waals surface area contributed by atoms with E-state index >= 15 is 0 Å². The van der Waals surface area contributed by atoms with Gasteiger partial charge in [-0.2, -0.15) is 0 Å². The fourth-order valence-corrected chi connectivity index (χ4v) is 4.05. The average molecular weight is 411 g/mol. The zero-order valence-electron chi connectivity index (χ0n) is 15.9. The second-order valence-electron chi connectivity index (χ2n) is 6.66. The number of aromatic nitrogens is 3. The number of nitrogens with zero attached hydrogens (tertiary/aromatic N) is 3. The van der Waals surface area contributed by atoms with Crippen LogP contribution in [0.25, 0.3) is 10.6 Å². The fraction of sp³-hybridized carbons (Fsp3) is 0.190. The lowest BCUT2D eigenvalue weighted by Crippen LogP contribution is -2.16. The summed E-state index contributed by atoms with van der Waals surface area (Å²) < 4.78 is 22.8. The molecule has 4 aromatic rings. The van der Waals surface area contributed by atoms with Crippen LogP contribution in [0.15, 0.2) is 48.1 Å². The Labute approximate surface area is 170 Å². The molecule has 3 aromatic heterocycles. The van der Waals surface area contributed by atoms with Gasteiger partial charge < -0.3 is 9.30 Å². The van der Waals surface area contributed by atoms with Crippen molar-refractivity contribution in [3.05, 3.63) is 76.6 Å². The second-order valence-corrected chi connectivity index (χ2v) is 7.53. The monoisotopic (exact) mass is 411 g/mol. The Morgan fingerprint density at radius 2 is 2.03 bits per heavy atom. The SMILES string of the molecule is Cc1cc(C(=O)COC(=O)Cc2cn3ccsc3n2)c(C)n1-c1ccccc1F. The lowest BCUT2D eigenvalue weighted by atomic mass is 10.1. The number of benzene rings is 1. The summed E-state index contributed by atoms with van der Waals surface area (Å²) in [6.45, 7) is 3.17. The highest BCUT2D eigenvalue weighted by Gasteiger charge is 2.20. The molecule has 4 rings (SSSR count). The predicted octanol–water partition coefficient (Wildman–Crippen LogP) is 3.91. The third-order valence-electron chi connectivity index (χ3n) is 4.66. The largest absolute Gasteiger partial charge is 0.457 e. The Balaban J connectivity index is 1.44. The van der Waals surface area contributed by atoms with Gasteiger partial charge in [0.25, 0.3) is 0 Å². The molecular formula is C21H18FN3O3S. The normalized spacial score (nSPS) is 11.1. The molecule has 0 aliphatic heterocycles. The molecule has 8 heteroatoms. The number of hydrogen-bond acceptors (Lipinski definition) is 5. The maximum Gasteiger partial charge on any atom is 0.312 e. The summed E-state index contributed by atoms with van der Waals surface area (Å²) in [6.07, 6.45) is 3.61. The summed E-state index contributed by atoms with van der Waals surface area (Å²) in [4.78, 5) is 29.8. The summed E-state index contributed by atoms with van der Waals surface area (Å²) >= 11 is 1.47. The van der Waals surface area contributed by atoms with E-state index in [-0.39, 0.29) is 24.6 Å².